The monoisotopic (exact) mass is 402 g/mol. The molecule has 0 saturated carbocycles. The molecule has 0 amide bonds. The van der Waals surface area contributed by atoms with E-state index in [-0.39, 0.29) is 12.2 Å². The highest BCUT2D eigenvalue weighted by atomic mass is 16.7. The summed E-state index contributed by atoms with van der Waals surface area (Å²) in [5, 5.41) is 1.85. The number of hydrogen-bond acceptors (Lipinski definition) is 5. The lowest BCUT2D eigenvalue weighted by molar-refractivity contribution is -0.241. The van der Waals surface area contributed by atoms with Crippen LogP contribution in [-0.4, -0.2) is 23.5 Å². The van der Waals surface area contributed by atoms with E-state index >= 15 is 0 Å². The minimum Gasteiger partial charge on any atom is -0.422 e. The van der Waals surface area contributed by atoms with Crippen molar-refractivity contribution in [3.8, 4) is 0 Å². The fourth-order valence-corrected chi connectivity index (χ4v) is 3.98. The van der Waals surface area contributed by atoms with Gasteiger partial charge in [-0.3, -0.25) is 14.4 Å². The van der Waals surface area contributed by atoms with E-state index in [4.69, 9.17) is 9.47 Å². The van der Waals surface area contributed by atoms with E-state index < -0.39 is 29.6 Å². The van der Waals surface area contributed by atoms with E-state index in [1.807, 2.05) is 48.5 Å². The second kappa shape index (κ2) is 7.75. The van der Waals surface area contributed by atoms with Gasteiger partial charge >= 0.3 is 11.9 Å². The molecular weight excluding hydrogens is 380 g/mol. The van der Waals surface area contributed by atoms with Crippen molar-refractivity contribution in [1.29, 1.82) is 0 Å². The lowest BCUT2D eigenvalue weighted by atomic mass is 9.79. The first-order valence-corrected chi connectivity index (χ1v) is 9.87. The fourth-order valence-electron chi connectivity index (χ4n) is 3.98. The quantitative estimate of drug-likeness (QED) is 0.353. The molecule has 152 valence electrons. The van der Waals surface area contributed by atoms with Crippen molar-refractivity contribution < 1.29 is 23.9 Å². The van der Waals surface area contributed by atoms with E-state index in [0.29, 0.717) is 5.56 Å². The van der Waals surface area contributed by atoms with Gasteiger partial charge in [-0.25, -0.2) is 0 Å². The number of ketones is 1. The third-order valence-electron chi connectivity index (χ3n) is 5.33. The molecule has 1 fully saturated rings. The zero-order valence-electron chi connectivity index (χ0n) is 16.8. The molecule has 0 spiro atoms. The first-order valence-electron chi connectivity index (χ1n) is 9.87. The van der Waals surface area contributed by atoms with E-state index in [9.17, 15) is 14.4 Å². The van der Waals surface area contributed by atoms with Gasteiger partial charge in [-0.05, 0) is 16.3 Å². The molecule has 1 aliphatic heterocycles. The second-order valence-electron chi connectivity index (χ2n) is 7.89. The fraction of sp³-hybridized carbons (Fsp3) is 0.240. The van der Waals surface area contributed by atoms with Crippen LogP contribution in [0.5, 0.6) is 0 Å². The number of carbonyl (C=O) groups excluding carboxylic acids is 3. The molecular formula is C25H22O5. The Morgan fingerprint density at radius 1 is 0.867 bits per heavy atom. The van der Waals surface area contributed by atoms with Crippen LogP contribution in [-0.2, 0) is 19.1 Å². The van der Waals surface area contributed by atoms with E-state index in [0.717, 1.165) is 16.3 Å². The number of benzene rings is 3. The van der Waals surface area contributed by atoms with Gasteiger partial charge in [0.05, 0.1) is 0 Å². The molecule has 5 nitrogen and oxygen atoms in total. The van der Waals surface area contributed by atoms with Crippen LogP contribution in [0.2, 0.25) is 0 Å². The molecule has 1 heterocycles. The van der Waals surface area contributed by atoms with Crippen LogP contribution in [0.4, 0.5) is 0 Å². The van der Waals surface area contributed by atoms with Crippen LogP contribution >= 0.6 is 0 Å². The summed E-state index contributed by atoms with van der Waals surface area (Å²) in [6.45, 7) is 3.03. The predicted octanol–water partition coefficient (Wildman–Crippen LogP) is 4.65. The van der Waals surface area contributed by atoms with Crippen LogP contribution in [0.25, 0.3) is 10.8 Å². The van der Waals surface area contributed by atoms with Crippen molar-refractivity contribution in [2.45, 2.75) is 32.0 Å². The topological polar surface area (TPSA) is 69.7 Å². The maximum Gasteiger partial charge on any atom is 0.324 e. The van der Waals surface area contributed by atoms with Crippen molar-refractivity contribution in [1.82, 2.24) is 0 Å². The van der Waals surface area contributed by atoms with Crippen molar-refractivity contribution in [3.63, 3.8) is 0 Å². The lowest BCUT2D eigenvalue weighted by Crippen LogP contribution is -2.48. The van der Waals surface area contributed by atoms with Crippen LogP contribution in [0.3, 0.4) is 0 Å². The molecule has 30 heavy (non-hydrogen) atoms. The molecule has 3 aromatic rings. The zero-order chi connectivity index (χ0) is 21.3. The van der Waals surface area contributed by atoms with Crippen LogP contribution in [0, 0.1) is 5.92 Å². The number of rotatable bonds is 5. The highest BCUT2D eigenvalue weighted by Crippen LogP contribution is 2.39. The molecule has 1 atom stereocenters. The Morgan fingerprint density at radius 2 is 1.47 bits per heavy atom. The molecule has 0 aromatic heterocycles. The third-order valence-corrected chi connectivity index (χ3v) is 5.33. The largest absolute Gasteiger partial charge is 0.422 e. The Labute approximate surface area is 174 Å². The summed E-state index contributed by atoms with van der Waals surface area (Å²) in [5.41, 5.74) is 1.27. The molecule has 3 aromatic carbocycles. The van der Waals surface area contributed by atoms with Crippen LogP contribution in [0.15, 0.2) is 72.8 Å². The van der Waals surface area contributed by atoms with Gasteiger partial charge in [0, 0.05) is 31.7 Å². The molecule has 5 heteroatoms. The Hall–Kier alpha value is -3.47. The van der Waals surface area contributed by atoms with E-state index in [1.54, 1.807) is 24.3 Å². The smallest absolute Gasteiger partial charge is 0.324 e. The number of carbonyl (C=O) groups is 3. The molecule has 0 bridgehead atoms. The Morgan fingerprint density at radius 3 is 2.17 bits per heavy atom. The van der Waals surface area contributed by atoms with Gasteiger partial charge in [0.25, 0.3) is 5.79 Å². The number of fused-ring (bicyclic) bond motifs is 1. The van der Waals surface area contributed by atoms with Gasteiger partial charge in [-0.15, -0.1) is 0 Å². The number of esters is 2. The summed E-state index contributed by atoms with van der Waals surface area (Å²) in [6.07, 6.45) is -0.0205. The standard InChI is InChI=1S/C25H22O5/c1-25(2)29-23(27)22(24(28)30-25)20(15-21(26)17-10-4-3-5-11-17)19-14-8-12-16-9-6-7-13-18(16)19/h3-14,20,22H,15H2,1-2H3. The van der Waals surface area contributed by atoms with Gasteiger partial charge < -0.3 is 9.47 Å². The van der Waals surface area contributed by atoms with E-state index in [2.05, 4.69) is 0 Å². The van der Waals surface area contributed by atoms with Gasteiger partial charge in [-0.1, -0.05) is 72.8 Å². The number of ether oxygens (including phenoxy) is 2. The van der Waals surface area contributed by atoms with E-state index in [1.165, 1.54) is 13.8 Å². The summed E-state index contributed by atoms with van der Waals surface area (Å²) in [6, 6.07) is 22.2. The second-order valence-corrected chi connectivity index (χ2v) is 7.89. The minimum atomic E-state index is -1.32. The summed E-state index contributed by atoms with van der Waals surface area (Å²) >= 11 is 0. The Balaban J connectivity index is 1.80. The summed E-state index contributed by atoms with van der Waals surface area (Å²) in [5.74, 6) is -4.74. The number of cyclic esters (lactones) is 2. The van der Waals surface area contributed by atoms with Crippen molar-refractivity contribution in [2.75, 3.05) is 0 Å². The first-order chi connectivity index (χ1) is 14.4. The maximum atomic E-state index is 13.0. The average molecular weight is 402 g/mol. The molecule has 0 radical (unpaired) electrons. The van der Waals surface area contributed by atoms with Crippen LogP contribution < -0.4 is 0 Å². The maximum absolute atomic E-state index is 13.0. The lowest BCUT2D eigenvalue weighted by Gasteiger charge is -2.36. The number of hydrogen-bond donors (Lipinski definition) is 0. The number of Topliss-reactive ketones (excluding diaryl/α,β-unsaturated/α-hetero) is 1. The van der Waals surface area contributed by atoms with Crippen molar-refractivity contribution in [3.05, 3.63) is 83.9 Å². The molecule has 0 aliphatic carbocycles. The molecule has 4 rings (SSSR count). The third kappa shape index (κ3) is 3.83. The Bertz CT molecular complexity index is 1090. The molecule has 0 N–H and O–H groups in total. The highest BCUT2D eigenvalue weighted by Gasteiger charge is 2.48. The van der Waals surface area contributed by atoms with Gasteiger partial charge in [-0.2, -0.15) is 0 Å². The summed E-state index contributed by atoms with van der Waals surface area (Å²) in [4.78, 5) is 38.8. The average Bonchev–Trinajstić information content (AvgIpc) is 2.72. The minimum absolute atomic E-state index is 0.0205. The van der Waals surface area contributed by atoms with Gasteiger partial charge in [0.1, 0.15) is 0 Å². The zero-order valence-corrected chi connectivity index (χ0v) is 16.8. The normalized spacial score (nSPS) is 17.3. The summed E-state index contributed by atoms with van der Waals surface area (Å²) < 4.78 is 10.7. The van der Waals surface area contributed by atoms with Gasteiger partial charge in [0.15, 0.2) is 11.7 Å². The molecule has 1 saturated heterocycles. The first kappa shape index (κ1) is 19.8. The van der Waals surface area contributed by atoms with Crippen molar-refractivity contribution in [2.24, 2.45) is 5.92 Å². The van der Waals surface area contributed by atoms with Gasteiger partial charge in [0.2, 0.25) is 0 Å². The van der Waals surface area contributed by atoms with Crippen molar-refractivity contribution >= 4 is 28.5 Å². The molecule has 1 aliphatic rings. The highest BCUT2D eigenvalue weighted by molar-refractivity contribution is 6.02. The predicted molar refractivity (Wildman–Crippen MR) is 112 cm³/mol. The van der Waals surface area contributed by atoms with Crippen LogP contribution in [0.1, 0.15) is 42.1 Å². The molecule has 1 unspecified atom stereocenters. The Kier molecular flexibility index (Phi) is 5.12. The summed E-state index contributed by atoms with van der Waals surface area (Å²) in [7, 11) is 0. The SMILES string of the molecule is CC1(C)OC(=O)C(C(CC(=O)c2ccccc2)c2cccc3ccccc23)C(=O)O1.